The average Bonchev–Trinajstić information content (AvgIpc) is 3.14. The van der Waals surface area contributed by atoms with Crippen molar-refractivity contribution < 1.29 is 33.1 Å². The second kappa shape index (κ2) is 20.9. The van der Waals surface area contributed by atoms with Gasteiger partial charge in [-0.25, -0.2) is 19.8 Å². The maximum atomic E-state index is 13.4. The zero-order valence-corrected chi connectivity index (χ0v) is 29.7. The Balaban J connectivity index is 1.30. The Bertz CT molecular complexity index is 1870. The lowest BCUT2D eigenvalue weighted by Crippen LogP contribution is -2.55. The third-order valence-electron chi connectivity index (χ3n) is 8.19. The number of aryl methyl sites for hydroxylation is 1. The molecule has 2 atom stereocenters. The van der Waals surface area contributed by atoms with E-state index in [-0.39, 0.29) is 13.2 Å². The second-order valence-electron chi connectivity index (χ2n) is 12.4. The molecule has 15 heteroatoms. The van der Waals surface area contributed by atoms with E-state index >= 15 is 0 Å². The molecule has 1 heterocycles. The highest BCUT2D eigenvalue weighted by molar-refractivity contribution is 5.98. The minimum atomic E-state index is -0.892. The van der Waals surface area contributed by atoms with E-state index in [2.05, 4.69) is 26.8 Å². The number of nitrogens with two attached hydrogens (primary N) is 2. The molecule has 0 aliphatic rings. The molecule has 4 rings (SSSR count). The number of hydrazine groups is 1. The van der Waals surface area contributed by atoms with Gasteiger partial charge in [0.2, 0.25) is 11.8 Å². The summed E-state index contributed by atoms with van der Waals surface area (Å²) in [6.07, 6.45) is 1.74. The van der Waals surface area contributed by atoms with Gasteiger partial charge in [0.05, 0.1) is 0 Å². The van der Waals surface area contributed by atoms with Crippen molar-refractivity contribution in [2.75, 3.05) is 23.7 Å². The van der Waals surface area contributed by atoms with Crippen LogP contribution in [0.15, 0.2) is 88.1 Å². The molecule has 53 heavy (non-hydrogen) atoms. The second-order valence-corrected chi connectivity index (χ2v) is 12.4. The summed E-state index contributed by atoms with van der Waals surface area (Å²) < 4.78 is 15.8. The van der Waals surface area contributed by atoms with E-state index in [9.17, 15) is 24.0 Å². The van der Waals surface area contributed by atoms with Crippen LogP contribution in [0.3, 0.4) is 0 Å². The van der Waals surface area contributed by atoms with Gasteiger partial charge in [-0.15, -0.1) is 0 Å². The number of amides is 4. The summed E-state index contributed by atoms with van der Waals surface area (Å²) in [6, 6.07) is 20.5. The Kier molecular flexibility index (Phi) is 15.8. The van der Waals surface area contributed by atoms with Gasteiger partial charge in [0.15, 0.2) is 0 Å². The summed E-state index contributed by atoms with van der Waals surface area (Å²) in [5.41, 5.74) is 19.5. The van der Waals surface area contributed by atoms with Gasteiger partial charge in [-0.05, 0) is 93.1 Å². The number of carbonyl (C=O) groups is 4. The van der Waals surface area contributed by atoms with Gasteiger partial charge in [-0.1, -0.05) is 48.9 Å². The molecule has 9 N–H and O–H groups in total. The maximum absolute atomic E-state index is 13.4. The van der Waals surface area contributed by atoms with Crippen molar-refractivity contribution in [2.24, 2.45) is 11.5 Å². The first-order valence-corrected chi connectivity index (χ1v) is 17.5. The lowest BCUT2D eigenvalue weighted by atomic mass is 10.1. The molecular formula is C38H47N7O8. The SMILES string of the molecule is Cc1cc(=O)oc2cc(NC(=O)OCc3ccc(NC(=O)[C@H](CCCCN)NC(=O)[C@H](CCCCN)NNC(=O)OCc4ccccc4)cc3)ccc12. The predicted octanol–water partition coefficient (Wildman–Crippen LogP) is 4.33. The van der Waals surface area contributed by atoms with Crippen molar-refractivity contribution in [3.8, 4) is 0 Å². The number of ether oxygens (including phenoxy) is 2. The van der Waals surface area contributed by atoms with Crippen LogP contribution < -0.4 is 43.9 Å². The van der Waals surface area contributed by atoms with Crippen molar-refractivity contribution >= 4 is 46.3 Å². The fourth-order valence-corrected chi connectivity index (χ4v) is 5.32. The zero-order valence-electron chi connectivity index (χ0n) is 29.7. The largest absolute Gasteiger partial charge is 0.444 e. The lowest BCUT2D eigenvalue weighted by molar-refractivity contribution is -0.128. The first-order valence-electron chi connectivity index (χ1n) is 17.5. The first kappa shape index (κ1) is 40.0. The highest BCUT2D eigenvalue weighted by Crippen LogP contribution is 2.21. The number of hydrogen-bond acceptors (Lipinski definition) is 11. The summed E-state index contributed by atoms with van der Waals surface area (Å²) in [5, 5.41) is 9.03. The fraction of sp³-hybridized carbons (Fsp3) is 0.342. The molecule has 4 aromatic rings. The van der Waals surface area contributed by atoms with E-state index in [1.54, 1.807) is 49.4 Å². The number of nitrogens with one attached hydrogen (secondary N) is 5. The van der Waals surface area contributed by atoms with E-state index in [1.165, 1.54) is 6.07 Å². The third-order valence-corrected chi connectivity index (χ3v) is 8.19. The average molecular weight is 730 g/mol. The highest BCUT2D eigenvalue weighted by atomic mass is 16.6. The van der Waals surface area contributed by atoms with Crippen molar-refractivity contribution in [2.45, 2.75) is 70.7 Å². The molecule has 0 aliphatic heterocycles. The number of rotatable bonds is 19. The Hall–Kier alpha value is -5.77. The standard InChI is InChI=1S/C38H47N7O8/c1-25-21-34(46)53-33-22-29(17-18-30(25)33)42-37(49)51-24-27-13-15-28(16-14-27)41-35(47)31(11-5-7-19-39)43-36(48)32(12-6-8-20-40)44-45-38(50)52-23-26-9-3-2-4-10-26/h2-4,9-10,13-18,21-22,31-32,44H,5-8,11-12,19-20,23-24,39-40H2,1H3,(H,41,47)(H,42,49)(H,43,48)(H,45,50)/t31-,32-/m0/s1. The van der Waals surface area contributed by atoms with Gasteiger partial charge in [0.25, 0.3) is 0 Å². The van der Waals surface area contributed by atoms with Crippen LogP contribution in [-0.4, -0.2) is 49.2 Å². The van der Waals surface area contributed by atoms with Crippen LogP contribution in [0.2, 0.25) is 0 Å². The molecule has 15 nitrogen and oxygen atoms in total. The van der Waals surface area contributed by atoms with Crippen LogP contribution in [0.4, 0.5) is 21.0 Å². The third kappa shape index (κ3) is 13.4. The first-order chi connectivity index (χ1) is 25.6. The quantitative estimate of drug-likeness (QED) is 0.0408. The Morgan fingerprint density at radius 2 is 1.32 bits per heavy atom. The van der Waals surface area contributed by atoms with Gasteiger partial charge in [0, 0.05) is 28.9 Å². The molecule has 3 aromatic carbocycles. The molecule has 1 aromatic heterocycles. The van der Waals surface area contributed by atoms with Crippen molar-refractivity contribution in [3.05, 3.63) is 106 Å². The number of hydrogen-bond donors (Lipinski definition) is 7. The maximum Gasteiger partial charge on any atom is 0.421 e. The van der Waals surface area contributed by atoms with E-state index < -0.39 is 41.7 Å². The monoisotopic (exact) mass is 729 g/mol. The van der Waals surface area contributed by atoms with Crippen LogP contribution in [-0.2, 0) is 32.3 Å². The number of carbonyl (C=O) groups excluding carboxylic acids is 4. The number of benzene rings is 3. The van der Waals surface area contributed by atoms with Gasteiger partial charge < -0.3 is 36.0 Å². The molecule has 4 amide bonds. The summed E-state index contributed by atoms with van der Waals surface area (Å²) in [4.78, 5) is 63.4. The molecular weight excluding hydrogens is 682 g/mol. The molecule has 0 radical (unpaired) electrons. The van der Waals surface area contributed by atoms with Gasteiger partial charge in [-0.2, -0.15) is 0 Å². The molecule has 0 fully saturated rings. The van der Waals surface area contributed by atoms with Crippen molar-refractivity contribution in [1.82, 2.24) is 16.2 Å². The Labute approximate surface area is 307 Å². The van der Waals surface area contributed by atoms with Gasteiger partial charge >= 0.3 is 17.8 Å². The number of unbranched alkanes of at least 4 members (excludes halogenated alkanes) is 2. The van der Waals surface area contributed by atoms with Crippen LogP contribution in [0.25, 0.3) is 11.0 Å². The van der Waals surface area contributed by atoms with Crippen LogP contribution >= 0.6 is 0 Å². The predicted molar refractivity (Wildman–Crippen MR) is 201 cm³/mol. The van der Waals surface area contributed by atoms with E-state index in [0.29, 0.717) is 74.1 Å². The smallest absolute Gasteiger partial charge is 0.421 e. The topological polar surface area (TPSA) is 229 Å². The lowest BCUT2D eigenvalue weighted by Gasteiger charge is -2.23. The molecule has 282 valence electrons. The Morgan fingerprint density at radius 3 is 2.00 bits per heavy atom. The van der Waals surface area contributed by atoms with Gasteiger partial charge in [0.1, 0.15) is 30.9 Å². The Morgan fingerprint density at radius 1 is 0.698 bits per heavy atom. The highest BCUT2D eigenvalue weighted by Gasteiger charge is 2.26. The molecule has 0 saturated carbocycles. The minimum Gasteiger partial charge on any atom is -0.444 e. The van der Waals surface area contributed by atoms with Crippen LogP contribution in [0.5, 0.6) is 0 Å². The fourth-order valence-electron chi connectivity index (χ4n) is 5.32. The van der Waals surface area contributed by atoms with Crippen LogP contribution in [0, 0.1) is 6.92 Å². The van der Waals surface area contributed by atoms with E-state index in [0.717, 1.165) is 16.5 Å². The molecule has 0 unspecified atom stereocenters. The number of fused-ring (bicyclic) bond motifs is 1. The molecule has 0 spiro atoms. The van der Waals surface area contributed by atoms with E-state index in [4.69, 9.17) is 25.4 Å². The van der Waals surface area contributed by atoms with Crippen LogP contribution in [0.1, 0.15) is 55.2 Å². The van der Waals surface area contributed by atoms with Crippen molar-refractivity contribution in [3.63, 3.8) is 0 Å². The summed E-state index contributed by atoms with van der Waals surface area (Å²) in [6.45, 7) is 2.68. The summed E-state index contributed by atoms with van der Waals surface area (Å²) in [7, 11) is 0. The van der Waals surface area contributed by atoms with Crippen molar-refractivity contribution in [1.29, 1.82) is 0 Å². The normalized spacial score (nSPS) is 12.0. The minimum absolute atomic E-state index is 0.0496. The summed E-state index contributed by atoms with van der Waals surface area (Å²) in [5.74, 6) is -0.913. The molecule has 0 saturated heterocycles. The zero-order chi connectivity index (χ0) is 38.0. The number of anilines is 2. The molecule has 0 bridgehead atoms. The van der Waals surface area contributed by atoms with Gasteiger partial charge in [-0.3, -0.25) is 20.3 Å². The summed E-state index contributed by atoms with van der Waals surface area (Å²) >= 11 is 0. The van der Waals surface area contributed by atoms with E-state index in [1.807, 2.05) is 30.3 Å². The molecule has 0 aliphatic carbocycles.